The van der Waals surface area contributed by atoms with Gasteiger partial charge in [-0.15, -0.1) is 0 Å². The first-order chi connectivity index (χ1) is 21.6. The van der Waals surface area contributed by atoms with E-state index in [0.29, 0.717) is 35.2 Å². The number of anilines is 2. The van der Waals surface area contributed by atoms with Crippen molar-refractivity contribution in [3.05, 3.63) is 83.9 Å². The molecule has 4 rings (SSSR count). The molecule has 2 N–H and O–H groups in total. The minimum atomic E-state index is -4.43. The second-order valence-corrected chi connectivity index (χ2v) is 11.9. The molecule has 3 aromatic carbocycles. The van der Waals surface area contributed by atoms with Gasteiger partial charge in [-0.05, 0) is 97.7 Å². The number of hydrogen-bond donors (Lipinski definition) is 2. The van der Waals surface area contributed by atoms with Gasteiger partial charge < -0.3 is 20.3 Å². The fourth-order valence-electron chi connectivity index (χ4n) is 5.36. The van der Waals surface area contributed by atoms with Gasteiger partial charge in [0.2, 0.25) is 5.91 Å². The van der Waals surface area contributed by atoms with Crippen LogP contribution in [-0.2, 0) is 20.5 Å². The van der Waals surface area contributed by atoms with Crippen LogP contribution >= 0.6 is 11.8 Å². The lowest BCUT2D eigenvalue weighted by Gasteiger charge is -2.33. The van der Waals surface area contributed by atoms with Crippen molar-refractivity contribution in [3.8, 4) is 11.1 Å². The standard InChI is InChI=1S/C34H38F3N3O4S/c1-3-44-33(43)30(18-21-45-2)39-31(41)22-23-16-19-40(20-17-23)27-14-12-26(13-15-27)38-32(42)29-7-5-4-6-28(29)24-8-10-25(11-9-24)34(35,36)37/h4-15,23,30H,3,16-22H2,1-2H3,(H,38,42)(H,39,41). The number of carbonyl (C=O) groups is 3. The first-order valence-electron chi connectivity index (χ1n) is 15.0. The smallest absolute Gasteiger partial charge is 0.416 e. The third kappa shape index (κ3) is 9.50. The molecular formula is C34H38F3N3O4S. The van der Waals surface area contributed by atoms with Gasteiger partial charge in [-0.2, -0.15) is 24.9 Å². The first-order valence-corrected chi connectivity index (χ1v) is 16.4. The number of nitrogens with zero attached hydrogens (tertiary/aromatic N) is 1. The zero-order valence-corrected chi connectivity index (χ0v) is 26.2. The summed E-state index contributed by atoms with van der Waals surface area (Å²) < 4.78 is 44.1. The molecule has 0 radical (unpaired) electrons. The van der Waals surface area contributed by atoms with Crippen molar-refractivity contribution in [2.45, 2.75) is 44.8 Å². The average Bonchev–Trinajstić information content (AvgIpc) is 3.03. The van der Waals surface area contributed by atoms with E-state index >= 15 is 0 Å². The van der Waals surface area contributed by atoms with E-state index in [9.17, 15) is 27.6 Å². The fraction of sp³-hybridized carbons (Fsp3) is 0.382. The second-order valence-electron chi connectivity index (χ2n) is 10.9. The summed E-state index contributed by atoms with van der Waals surface area (Å²) in [6.07, 6.45) is 0.0889. The highest BCUT2D eigenvalue weighted by atomic mass is 32.2. The highest BCUT2D eigenvalue weighted by Gasteiger charge is 2.30. The van der Waals surface area contributed by atoms with Gasteiger partial charge in [0.05, 0.1) is 12.2 Å². The van der Waals surface area contributed by atoms with Crippen molar-refractivity contribution in [3.63, 3.8) is 0 Å². The predicted molar refractivity (Wildman–Crippen MR) is 172 cm³/mol. The number of hydrogen-bond acceptors (Lipinski definition) is 6. The Morgan fingerprint density at radius 3 is 2.27 bits per heavy atom. The van der Waals surface area contributed by atoms with E-state index in [2.05, 4.69) is 15.5 Å². The second kappa shape index (κ2) is 15.8. The topological polar surface area (TPSA) is 87.7 Å². The molecule has 0 aliphatic carbocycles. The highest BCUT2D eigenvalue weighted by molar-refractivity contribution is 7.98. The largest absolute Gasteiger partial charge is 0.464 e. The normalized spacial score (nSPS) is 14.5. The van der Waals surface area contributed by atoms with Crippen molar-refractivity contribution in [2.24, 2.45) is 5.92 Å². The molecule has 3 aromatic rings. The van der Waals surface area contributed by atoms with Gasteiger partial charge >= 0.3 is 12.1 Å². The van der Waals surface area contributed by atoms with E-state index in [1.54, 1.807) is 43.0 Å². The van der Waals surface area contributed by atoms with Crippen LogP contribution in [0, 0.1) is 5.92 Å². The monoisotopic (exact) mass is 641 g/mol. The van der Waals surface area contributed by atoms with E-state index in [1.165, 1.54) is 12.1 Å². The average molecular weight is 642 g/mol. The molecule has 1 saturated heterocycles. The van der Waals surface area contributed by atoms with E-state index in [0.717, 1.165) is 49.5 Å². The van der Waals surface area contributed by atoms with Crippen LogP contribution in [0.25, 0.3) is 11.1 Å². The predicted octanol–water partition coefficient (Wildman–Crippen LogP) is 7.03. The lowest BCUT2D eigenvalue weighted by atomic mass is 9.92. The van der Waals surface area contributed by atoms with Crippen LogP contribution in [0.1, 0.15) is 48.5 Å². The minimum Gasteiger partial charge on any atom is -0.464 e. The summed E-state index contributed by atoms with van der Waals surface area (Å²) >= 11 is 1.62. The van der Waals surface area contributed by atoms with E-state index in [4.69, 9.17) is 4.74 Å². The van der Waals surface area contributed by atoms with Crippen molar-refractivity contribution in [1.82, 2.24) is 5.32 Å². The number of halogens is 3. The molecule has 1 unspecified atom stereocenters. The summed E-state index contributed by atoms with van der Waals surface area (Å²) in [4.78, 5) is 40.4. The van der Waals surface area contributed by atoms with Crippen LogP contribution in [0.3, 0.4) is 0 Å². The number of alkyl halides is 3. The summed E-state index contributed by atoms with van der Waals surface area (Å²) in [6, 6.07) is 18.4. The Hall–Kier alpha value is -3.99. The SMILES string of the molecule is CCOC(=O)C(CCSC)NC(=O)CC1CCN(c2ccc(NC(=O)c3ccccc3-c3ccc(C(F)(F)F)cc3)cc2)CC1. The van der Waals surface area contributed by atoms with Gasteiger partial charge in [-0.3, -0.25) is 9.59 Å². The minimum absolute atomic E-state index is 0.132. The maximum Gasteiger partial charge on any atom is 0.416 e. The number of esters is 1. The molecule has 11 heteroatoms. The third-order valence-electron chi connectivity index (χ3n) is 7.79. The quantitative estimate of drug-likeness (QED) is 0.207. The molecule has 1 aliphatic heterocycles. The Labute approximate surface area is 265 Å². The van der Waals surface area contributed by atoms with Gasteiger partial charge in [0.1, 0.15) is 6.04 Å². The summed E-state index contributed by atoms with van der Waals surface area (Å²) in [6.45, 7) is 3.57. The van der Waals surface area contributed by atoms with Gasteiger partial charge in [-0.1, -0.05) is 30.3 Å². The zero-order chi connectivity index (χ0) is 32.4. The number of piperidine rings is 1. The molecule has 45 heavy (non-hydrogen) atoms. The number of carbonyl (C=O) groups excluding carboxylic acids is 3. The summed E-state index contributed by atoms with van der Waals surface area (Å²) in [5, 5.41) is 5.76. The maximum absolute atomic E-state index is 13.2. The van der Waals surface area contributed by atoms with Gasteiger partial charge in [0.15, 0.2) is 0 Å². The van der Waals surface area contributed by atoms with E-state index < -0.39 is 23.8 Å². The lowest BCUT2D eigenvalue weighted by Crippen LogP contribution is -2.43. The highest BCUT2D eigenvalue weighted by Crippen LogP contribution is 2.32. The molecule has 2 amide bonds. The van der Waals surface area contributed by atoms with Crippen LogP contribution < -0.4 is 15.5 Å². The van der Waals surface area contributed by atoms with E-state index in [1.807, 2.05) is 30.5 Å². The number of thioether (sulfide) groups is 1. The molecule has 7 nitrogen and oxygen atoms in total. The Kier molecular flexibility index (Phi) is 11.9. The van der Waals surface area contributed by atoms with Crippen LogP contribution in [0.2, 0.25) is 0 Å². The zero-order valence-electron chi connectivity index (χ0n) is 25.4. The molecule has 0 bridgehead atoms. The van der Waals surface area contributed by atoms with Crippen molar-refractivity contribution >= 4 is 40.9 Å². The van der Waals surface area contributed by atoms with Gasteiger partial charge in [0.25, 0.3) is 5.91 Å². The van der Waals surface area contributed by atoms with Crippen molar-refractivity contribution < 1.29 is 32.3 Å². The van der Waals surface area contributed by atoms with Crippen LogP contribution in [0.4, 0.5) is 24.5 Å². The Bertz CT molecular complexity index is 1440. The molecule has 0 saturated carbocycles. The fourth-order valence-corrected chi connectivity index (χ4v) is 5.84. The lowest BCUT2D eigenvalue weighted by molar-refractivity contribution is -0.147. The summed E-state index contributed by atoms with van der Waals surface area (Å²) in [5.41, 5.74) is 2.25. The Morgan fingerprint density at radius 2 is 1.64 bits per heavy atom. The maximum atomic E-state index is 13.2. The number of ether oxygens (including phenoxy) is 1. The molecular weight excluding hydrogens is 603 g/mol. The molecule has 1 atom stereocenters. The number of rotatable bonds is 12. The third-order valence-corrected chi connectivity index (χ3v) is 8.43. The van der Waals surface area contributed by atoms with Crippen molar-refractivity contribution in [2.75, 3.05) is 41.9 Å². The Morgan fingerprint density at radius 1 is 0.978 bits per heavy atom. The van der Waals surface area contributed by atoms with Gasteiger partial charge in [0, 0.05) is 36.4 Å². The Balaban J connectivity index is 1.30. The number of benzene rings is 3. The number of nitrogens with one attached hydrogen (secondary N) is 2. The van der Waals surface area contributed by atoms with Crippen LogP contribution in [0.5, 0.6) is 0 Å². The molecule has 1 fully saturated rings. The molecule has 1 heterocycles. The summed E-state index contributed by atoms with van der Waals surface area (Å²) in [5.74, 6) is 0.0786. The first kappa shape index (κ1) is 33.9. The van der Waals surface area contributed by atoms with Crippen molar-refractivity contribution in [1.29, 1.82) is 0 Å². The van der Waals surface area contributed by atoms with E-state index in [-0.39, 0.29) is 24.3 Å². The summed E-state index contributed by atoms with van der Waals surface area (Å²) in [7, 11) is 0. The molecule has 0 spiro atoms. The molecule has 1 aliphatic rings. The molecule has 0 aromatic heterocycles. The van der Waals surface area contributed by atoms with Gasteiger partial charge in [-0.25, -0.2) is 4.79 Å². The van der Waals surface area contributed by atoms with Crippen LogP contribution in [-0.4, -0.2) is 55.5 Å². The number of amides is 2. The van der Waals surface area contributed by atoms with Crippen LogP contribution in [0.15, 0.2) is 72.8 Å². The molecule has 240 valence electrons.